The molecule has 0 fully saturated rings. The molecule has 258 valence electrons. The predicted molar refractivity (Wildman–Crippen MR) is 185 cm³/mol. The van der Waals surface area contributed by atoms with Crippen LogP contribution in [-0.2, 0) is 35.3 Å². The number of thioether (sulfide) groups is 1. The van der Waals surface area contributed by atoms with Crippen molar-refractivity contribution in [3.8, 4) is 0 Å². The first-order valence-electron chi connectivity index (χ1n) is 16.4. The van der Waals surface area contributed by atoms with E-state index in [1.165, 1.54) is 18.9 Å². The molecular formula is C37H52N2O7S. The topological polar surface area (TPSA) is 128 Å². The summed E-state index contributed by atoms with van der Waals surface area (Å²) in [6, 6.07) is 16.9. The molecule has 0 bridgehead atoms. The highest BCUT2D eigenvalue weighted by Gasteiger charge is 2.33. The van der Waals surface area contributed by atoms with E-state index in [9.17, 15) is 24.0 Å². The van der Waals surface area contributed by atoms with E-state index in [0.717, 1.165) is 10.5 Å². The summed E-state index contributed by atoms with van der Waals surface area (Å²) in [7, 11) is 1.29. The quantitative estimate of drug-likeness (QED) is 0.117. The van der Waals surface area contributed by atoms with Crippen molar-refractivity contribution in [1.29, 1.82) is 0 Å². The summed E-state index contributed by atoms with van der Waals surface area (Å²) >= 11 is 1.25. The number of benzene rings is 2. The van der Waals surface area contributed by atoms with Crippen LogP contribution in [0, 0.1) is 23.7 Å². The Morgan fingerprint density at radius 2 is 1.19 bits per heavy atom. The Hall–Kier alpha value is -3.66. The Labute approximate surface area is 284 Å². The number of hydrogen-bond donors (Lipinski definition) is 2. The van der Waals surface area contributed by atoms with Gasteiger partial charge in [0, 0.05) is 23.7 Å². The third kappa shape index (κ3) is 15.2. The van der Waals surface area contributed by atoms with Crippen molar-refractivity contribution in [2.45, 2.75) is 102 Å². The van der Waals surface area contributed by atoms with Gasteiger partial charge in [-0.2, -0.15) is 0 Å². The Kier molecular flexibility index (Phi) is 17.3. The van der Waals surface area contributed by atoms with Gasteiger partial charge in [0.1, 0.15) is 11.9 Å². The molecule has 2 amide bonds. The molecule has 4 atom stereocenters. The summed E-state index contributed by atoms with van der Waals surface area (Å²) in [5.41, 5.74) is 0.824. The number of esters is 1. The van der Waals surface area contributed by atoms with Gasteiger partial charge in [0.25, 0.3) is 0 Å². The molecule has 2 aromatic carbocycles. The van der Waals surface area contributed by atoms with Crippen LogP contribution in [0.1, 0.15) is 79.2 Å². The number of carbonyl (C=O) groups is 5. The van der Waals surface area contributed by atoms with Crippen molar-refractivity contribution in [2.75, 3.05) is 7.11 Å². The molecule has 0 heterocycles. The number of methoxy groups -OCH3 is 1. The molecule has 2 unspecified atom stereocenters. The molecule has 0 aliphatic carbocycles. The van der Waals surface area contributed by atoms with Gasteiger partial charge < -0.3 is 20.1 Å². The maximum Gasteiger partial charge on any atom is 0.408 e. The maximum absolute atomic E-state index is 13.8. The molecule has 9 nitrogen and oxygen atoms in total. The zero-order valence-electron chi connectivity index (χ0n) is 28.8. The Morgan fingerprint density at radius 1 is 0.681 bits per heavy atom. The van der Waals surface area contributed by atoms with Gasteiger partial charge in [0.15, 0.2) is 11.6 Å². The van der Waals surface area contributed by atoms with E-state index in [2.05, 4.69) is 10.6 Å². The molecule has 2 N–H and O–H groups in total. The van der Waals surface area contributed by atoms with Gasteiger partial charge >= 0.3 is 12.1 Å². The number of carbonyl (C=O) groups excluding carboxylic acids is 5. The first kappa shape index (κ1) is 39.5. The van der Waals surface area contributed by atoms with E-state index >= 15 is 0 Å². The fraction of sp³-hybridized carbons (Fsp3) is 0.541. The minimum Gasteiger partial charge on any atom is -0.468 e. The second-order valence-electron chi connectivity index (χ2n) is 13.2. The summed E-state index contributed by atoms with van der Waals surface area (Å²) in [5.74, 6) is -1.90. The number of ether oxygens (including phenoxy) is 2. The molecule has 0 aliphatic rings. The lowest BCUT2D eigenvalue weighted by atomic mass is 9.87. The fourth-order valence-corrected chi connectivity index (χ4v) is 6.29. The average molecular weight is 669 g/mol. The van der Waals surface area contributed by atoms with Crippen molar-refractivity contribution in [2.24, 2.45) is 23.7 Å². The highest BCUT2D eigenvalue weighted by molar-refractivity contribution is 8.00. The van der Waals surface area contributed by atoms with Crippen LogP contribution in [0.2, 0.25) is 0 Å². The predicted octanol–water partition coefficient (Wildman–Crippen LogP) is 6.77. The Morgan fingerprint density at radius 3 is 1.72 bits per heavy atom. The maximum atomic E-state index is 13.8. The van der Waals surface area contributed by atoms with Crippen molar-refractivity contribution in [3.63, 3.8) is 0 Å². The van der Waals surface area contributed by atoms with Crippen LogP contribution in [0.5, 0.6) is 0 Å². The van der Waals surface area contributed by atoms with Gasteiger partial charge in [-0.3, -0.25) is 19.2 Å². The normalized spacial score (nSPS) is 13.8. The number of alkyl carbamates (subject to hydrolysis) is 1. The number of Topliss-reactive ketones (excluding diaryl/α,β-unsaturated/α-hetero) is 2. The van der Waals surface area contributed by atoms with Gasteiger partial charge in [0.2, 0.25) is 5.91 Å². The first-order chi connectivity index (χ1) is 22.3. The van der Waals surface area contributed by atoms with Crippen LogP contribution < -0.4 is 10.6 Å². The van der Waals surface area contributed by atoms with E-state index in [1.54, 1.807) is 0 Å². The Bertz CT molecular complexity index is 1280. The van der Waals surface area contributed by atoms with Crippen LogP contribution in [0.15, 0.2) is 65.6 Å². The van der Waals surface area contributed by atoms with Crippen molar-refractivity contribution in [1.82, 2.24) is 10.6 Å². The van der Waals surface area contributed by atoms with Gasteiger partial charge in [0.05, 0.1) is 19.2 Å². The molecule has 0 aromatic heterocycles. The number of rotatable bonds is 20. The summed E-state index contributed by atoms with van der Waals surface area (Å²) in [4.78, 5) is 67.2. The third-order valence-corrected chi connectivity index (χ3v) is 8.65. The minimum absolute atomic E-state index is 0.0690. The average Bonchev–Trinajstić information content (AvgIpc) is 3.02. The fourth-order valence-electron chi connectivity index (χ4n) is 5.21. The van der Waals surface area contributed by atoms with Crippen LogP contribution in [0.3, 0.4) is 0 Å². The largest absolute Gasteiger partial charge is 0.468 e. The molecule has 0 saturated carbocycles. The van der Waals surface area contributed by atoms with Crippen LogP contribution in [-0.4, -0.2) is 54.0 Å². The molecule has 10 heteroatoms. The molecule has 47 heavy (non-hydrogen) atoms. The summed E-state index contributed by atoms with van der Waals surface area (Å²) in [6.45, 7) is 11.8. The highest BCUT2D eigenvalue weighted by Crippen LogP contribution is 2.28. The summed E-state index contributed by atoms with van der Waals surface area (Å²) < 4.78 is 10.4. The second kappa shape index (κ2) is 20.5. The second-order valence-corrected chi connectivity index (χ2v) is 14.5. The smallest absolute Gasteiger partial charge is 0.408 e. The monoisotopic (exact) mass is 668 g/mol. The Balaban J connectivity index is 2.17. The van der Waals surface area contributed by atoms with Crippen LogP contribution >= 0.6 is 11.8 Å². The lowest BCUT2D eigenvalue weighted by Gasteiger charge is -2.26. The molecule has 0 spiro atoms. The zero-order valence-corrected chi connectivity index (χ0v) is 29.6. The van der Waals surface area contributed by atoms with Gasteiger partial charge in [-0.1, -0.05) is 90.1 Å². The van der Waals surface area contributed by atoms with Crippen LogP contribution in [0.4, 0.5) is 4.79 Å². The lowest BCUT2D eigenvalue weighted by Crippen LogP contribution is -2.47. The van der Waals surface area contributed by atoms with Gasteiger partial charge in [-0.25, -0.2) is 4.79 Å². The van der Waals surface area contributed by atoms with Crippen molar-refractivity contribution < 1.29 is 33.4 Å². The summed E-state index contributed by atoms with van der Waals surface area (Å²) in [6.07, 6.45) is 0.260. The summed E-state index contributed by atoms with van der Waals surface area (Å²) in [5, 5.41) is 4.87. The van der Waals surface area contributed by atoms with Crippen molar-refractivity contribution in [3.05, 3.63) is 66.2 Å². The number of nitrogens with one attached hydrogen (secondary N) is 2. The van der Waals surface area contributed by atoms with E-state index in [1.807, 2.05) is 102 Å². The number of amides is 2. The molecule has 0 radical (unpaired) electrons. The van der Waals surface area contributed by atoms with E-state index in [-0.39, 0.29) is 48.8 Å². The SMILES string of the molecule is COC(=O)C(CC(=O)[C@H](CC(C)C)NC(=O)[C@@H](CC(=O)C(CC(C)C)NC(=O)OCc1ccccc1)CC(C)C)Sc1ccccc1. The van der Waals surface area contributed by atoms with Gasteiger partial charge in [-0.15, -0.1) is 11.8 Å². The molecule has 0 saturated heterocycles. The third-order valence-electron chi connectivity index (χ3n) is 7.46. The molecule has 2 aromatic rings. The number of ketones is 2. The van der Waals surface area contributed by atoms with E-state index < -0.39 is 41.2 Å². The molecule has 2 rings (SSSR count). The lowest BCUT2D eigenvalue weighted by molar-refractivity contribution is -0.141. The standard InChI is InChI=1S/C37H52N2O7S/c1-24(2)18-28(21-32(40)31(20-26(5)6)39-37(44)46-23-27-14-10-8-11-15-27)35(42)38-30(19-25(3)4)33(41)22-34(36(43)45-7)47-29-16-12-9-13-17-29/h8-17,24-26,28,30-31,34H,18-23H2,1-7H3,(H,38,42)(H,39,44)/t28-,30+,31?,34?/m1/s1. The minimum atomic E-state index is -0.839. The highest BCUT2D eigenvalue weighted by atomic mass is 32.2. The van der Waals surface area contributed by atoms with Gasteiger partial charge in [-0.05, 0) is 54.7 Å². The number of hydrogen-bond acceptors (Lipinski definition) is 8. The van der Waals surface area contributed by atoms with Crippen LogP contribution in [0.25, 0.3) is 0 Å². The zero-order chi connectivity index (χ0) is 34.9. The van der Waals surface area contributed by atoms with Crippen molar-refractivity contribution >= 4 is 41.3 Å². The first-order valence-corrected chi connectivity index (χ1v) is 17.3. The molecule has 0 aliphatic heterocycles. The van der Waals surface area contributed by atoms with E-state index in [4.69, 9.17) is 9.47 Å². The molecular weight excluding hydrogens is 616 g/mol. The van der Waals surface area contributed by atoms with E-state index in [0.29, 0.717) is 19.3 Å².